The van der Waals surface area contributed by atoms with Gasteiger partial charge in [0.2, 0.25) is 6.79 Å². The summed E-state index contributed by atoms with van der Waals surface area (Å²) in [6, 6.07) is 10.2. The molecule has 0 aliphatic carbocycles. The van der Waals surface area contributed by atoms with Gasteiger partial charge in [-0.2, -0.15) is 0 Å². The van der Waals surface area contributed by atoms with E-state index < -0.39 is 12.0 Å². The van der Waals surface area contributed by atoms with Gasteiger partial charge in [-0.25, -0.2) is 9.79 Å². The number of hydrogen-bond donors (Lipinski definition) is 0. The highest BCUT2D eigenvalue weighted by Crippen LogP contribution is 2.37. The Kier molecular flexibility index (Phi) is 6.24. The maximum Gasteiger partial charge on any atom is 0.338 e. The zero-order chi connectivity index (χ0) is 24.7. The highest BCUT2D eigenvalue weighted by Gasteiger charge is 2.33. The number of thiazole rings is 1. The quantitative estimate of drug-likeness (QED) is 0.448. The normalized spacial score (nSPS) is 16.7. The van der Waals surface area contributed by atoms with Crippen molar-refractivity contribution in [3.05, 3.63) is 83.0 Å². The molecule has 3 heterocycles. The highest BCUT2D eigenvalue weighted by molar-refractivity contribution is 9.10. The largest absolute Gasteiger partial charge is 0.497 e. The standard InChI is InChI=1S/C25H21BrN2O6S/c1-4-32-24(30)21-13(2)27-25-28(22(21)14-5-7-16(31-3)8-6-14)23(29)20(35-25)10-15-9-18-19(11-17(15)26)34-12-33-18/h5-11,22H,4,12H2,1-3H3/b20-10-/t22-/m1/s1. The molecule has 2 aromatic carbocycles. The Labute approximate surface area is 212 Å². The topological polar surface area (TPSA) is 88.4 Å². The number of nitrogens with zero attached hydrogens (tertiary/aromatic N) is 2. The smallest absolute Gasteiger partial charge is 0.338 e. The highest BCUT2D eigenvalue weighted by atomic mass is 79.9. The number of hydrogen-bond acceptors (Lipinski definition) is 8. The van der Waals surface area contributed by atoms with Gasteiger partial charge in [-0.15, -0.1) is 0 Å². The molecule has 0 saturated carbocycles. The van der Waals surface area contributed by atoms with Gasteiger partial charge in [0.15, 0.2) is 16.3 Å². The minimum Gasteiger partial charge on any atom is -0.497 e. The summed E-state index contributed by atoms with van der Waals surface area (Å²) in [5.74, 6) is 1.43. The van der Waals surface area contributed by atoms with Crippen LogP contribution in [0.3, 0.4) is 0 Å². The molecule has 1 atom stereocenters. The number of methoxy groups -OCH3 is 1. The number of esters is 1. The number of allylic oxidation sites excluding steroid dienone is 1. The lowest BCUT2D eigenvalue weighted by Gasteiger charge is -2.24. The van der Waals surface area contributed by atoms with Gasteiger partial charge in [0.25, 0.3) is 5.56 Å². The monoisotopic (exact) mass is 556 g/mol. The minimum absolute atomic E-state index is 0.158. The molecule has 0 bridgehead atoms. The average Bonchev–Trinajstić information content (AvgIpc) is 3.42. The van der Waals surface area contributed by atoms with E-state index in [0.717, 1.165) is 15.6 Å². The van der Waals surface area contributed by atoms with Crippen LogP contribution in [-0.2, 0) is 9.53 Å². The first-order valence-electron chi connectivity index (χ1n) is 10.8. The molecule has 0 spiro atoms. The molecule has 1 aromatic heterocycles. The first-order valence-corrected chi connectivity index (χ1v) is 12.4. The maximum atomic E-state index is 13.7. The molecule has 2 aliphatic rings. The second-order valence-corrected chi connectivity index (χ2v) is 9.67. The molecular formula is C25H21BrN2O6S. The molecule has 0 radical (unpaired) electrons. The van der Waals surface area contributed by atoms with Crippen LogP contribution in [0.5, 0.6) is 17.2 Å². The van der Waals surface area contributed by atoms with E-state index >= 15 is 0 Å². The van der Waals surface area contributed by atoms with Crippen molar-refractivity contribution >= 4 is 39.3 Å². The molecule has 0 unspecified atom stereocenters. The molecule has 2 aliphatic heterocycles. The molecule has 0 saturated heterocycles. The molecule has 35 heavy (non-hydrogen) atoms. The zero-order valence-electron chi connectivity index (χ0n) is 19.2. The van der Waals surface area contributed by atoms with E-state index in [-0.39, 0.29) is 19.0 Å². The second-order valence-electron chi connectivity index (χ2n) is 7.80. The molecule has 10 heteroatoms. The SMILES string of the molecule is CCOC(=O)C1=C(C)N=c2s/c(=C\c3cc4c(cc3Br)OCO4)c(=O)n2[C@@H]1c1ccc(OC)cc1. The second kappa shape index (κ2) is 9.35. The van der Waals surface area contributed by atoms with Gasteiger partial charge in [0, 0.05) is 4.47 Å². The Morgan fingerprint density at radius 3 is 2.66 bits per heavy atom. The summed E-state index contributed by atoms with van der Waals surface area (Å²) in [6.07, 6.45) is 1.78. The predicted octanol–water partition coefficient (Wildman–Crippen LogP) is 3.30. The van der Waals surface area contributed by atoms with Crippen LogP contribution in [0.1, 0.15) is 31.0 Å². The molecule has 0 N–H and O–H groups in total. The fraction of sp³-hybridized carbons (Fsp3) is 0.240. The van der Waals surface area contributed by atoms with Crippen LogP contribution in [0.15, 0.2) is 61.9 Å². The fourth-order valence-electron chi connectivity index (χ4n) is 4.08. The van der Waals surface area contributed by atoms with Crippen LogP contribution < -0.4 is 29.1 Å². The minimum atomic E-state index is -0.682. The van der Waals surface area contributed by atoms with Crippen molar-refractivity contribution in [1.82, 2.24) is 4.57 Å². The summed E-state index contributed by atoms with van der Waals surface area (Å²) in [7, 11) is 1.58. The van der Waals surface area contributed by atoms with Gasteiger partial charge >= 0.3 is 5.97 Å². The Balaban J connectivity index is 1.70. The number of carbonyl (C=O) groups excluding carboxylic acids is 1. The number of halogens is 1. The number of fused-ring (bicyclic) bond motifs is 2. The summed E-state index contributed by atoms with van der Waals surface area (Å²) in [5.41, 5.74) is 2.11. The number of benzene rings is 2. The molecule has 0 amide bonds. The van der Waals surface area contributed by atoms with Crippen molar-refractivity contribution in [2.45, 2.75) is 19.9 Å². The van der Waals surface area contributed by atoms with E-state index in [1.54, 1.807) is 43.7 Å². The van der Waals surface area contributed by atoms with Crippen molar-refractivity contribution in [2.24, 2.45) is 4.99 Å². The van der Waals surface area contributed by atoms with E-state index in [4.69, 9.17) is 18.9 Å². The maximum absolute atomic E-state index is 13.7. The van der Waals surface area contributed by atoms with Crippen LogP contribution in [0.4, 0.5) is 0 Å². The lowest BCUT2D eigenvalue weighted by molar-refractivity contribution is -0.139. The first kappa shape index (κ1) is 23.4. The van der Waals surface area contributed by atoms with E-state index in [0.29, 0.717) is 37.9 Å². The fourth-order valence-corrected chi connectivity index (χ4v) is 5.55. The lowest BCUT2D eigenvalue weighted by Crippen LogP contribution is -2.39. The molecular weight excluding hydrogens is 536 g/mol. The molecule has 180 valence electrons. The first-order chi connectivity index (χ1) is 16.9. The van der Waals surface area contributed by atoms with Gasteiger partial charge in [-0.1, -0.05) is 39.4 Å². The van der Waals surface area contributed by atoms with Gasteiger partial charge in [0.1, 0.15) is 5.75 Å². The van der Waals surface area contributed by atoms with E-state index in [9.17, 15) is 9.59 Å². The third-order valence-electron chi connectivity index (χ3n) is 5.73. The predicted molar refractivity (Wildman–Crippen MR) is 134 cm³/mol. The molecule has 5 rings (SSSR count). The number of carbonyl (C=O) groups is 1. The van der Waals surface area contributed by atoms with Crippen molar-refractivity contribution in [3.8, 4) is 17.2 Å². The Bertz CT molecular complexity index is 1540. The Morgan fingerprint density at radius 1 is 1.26 bits per heavy atom. The van der Waals surface area contributed by atoms with Crippen LogP contribution in [0.2, 0.25) is 0 Å². The van der Waals surface area contributed by atoms with Crippen LogP contribution in [-0.4, -0.2) is 31.0 Å². The van der Waals surface area contributed by atoms with Crippen molar-refractivity contribution in [3.63, 3.8) is 0 Å². The third-order valence-corrected chi connectivity index (χ3v) is 7.40. The Morgan fingerprint density at radius 2 is 1.97 bits per heavy atom. The molecule has 8 nitrogen and oxygen atoms in total. The van der Waals surface area contributed by atoms with Crippen molar-refractivity contribution in [1.29, 1.82) is 0 Å². The Hall–Kier alpha value is -3.37. The molecule has 3 aromatic rings. The van der Waals surface area contributed by atoms with Gasteiger partial charge in [-0.3, -0.25) is 9.36 Å². The van der Waals surface area contributed by atoms with Crippen molar-refractivity contribution < 1.29 is 23.7 Å². The van der Waals surface area contributed by atoms with Gasteiger partial charge < -0.3 is 18.9 Å². The number of aromatic nitrogens is 1. The van der Waals surface area contributed by atoms with Crippen LogP contribution in [0.25, 0.3) is 6.08 Å². The van der Waals surface area contributed by atoms with Gasteiger partial charge in [0.05, 0.1) is 35.6 Å². The van der Waals surface area contributed by atoms with E-state index in [1.807, 2.05) is 24.3 Å². The van der Waals surface area contributed by atoms with E-state index in [1.165, 1.54) is 11.3 Å². The van der Waals surface area contributed by atoms with Crippen LogP contribution in [0, 0.1) is 0 Å². The summed E-state index contributed by atoms with van der Waals surface area (Å²) < 4.78 is 24.3. The van der Waals surface area contributed by atoms with E-state index in [2.05, 4.69) is 20.9 Å². The number of ether oxygens (including phenoxy) is 4. The summed E-state index contributed by atoms with van der Waals surface area (Å²) in [4.78, 5) is 31.8. The number of rotatable bonds is 5. The van der Waals surface area contributed by atoms with Crippen LogP contribution >= 0.6 is 27.3 Å². The third kappa shape index (κ3) is 4.17. The van der Waals surface area contributed by atoms with Gasteiger partial charge in [-0.05, 0) is 55.3 Å². The summed E-state index contributed by atoms with van der Waals surface area (Å²) in [5, 5.41) is 0. The zero-order valence-corrected chi connectivity index (χ0v) is 21.6. The molecule has 0 fully saturated rings. The van der Waals surface area contributed by atoms with Crippen molar-refractivity contribution in [2.75, 3.05) is 20.5 Å². The lowest BCUT2D eigenvalue weighted by atomic mass is 9.96. The summed E-state index contributed by atoms with van der Waals surface area (Å²) in [6.45, 7) is 3.88. The average molecular weight is 557 g/mol. The summed E-state index contributed by atoms with van der Waals surface area (Å²) >= 11 is 4.81.